The summed E-state index contributed by atoms with van der Waals surface area (Å²) in [6.07, 6.45) is 5.44. The van der Waals surface area contributed by atoms with Crippen molar-refractivity contribution in [3.05, 3.63) is 59.2 Å². The van der Waals surface area contributed by atoms with E-state index in [4.69, 9.17) is 13.8 Å². The summed E-state index contributed by atoms with van der Waals surface area (Å²) in [5.74, 6) is -1.65. The van der Waals surface area contributed by atoms with Crippen molar-refractivity contribution in [2.45, 2.75) is 53.3 Å². The monoisotopic (exact) mass is 394 g/mol. The quantitative estimate of drug-likeness (QED) is 0.257. The van der Waals surface area contributed by atoms with Crippen LogP contribution in [0.4, 0.5) is 0 Å². The normalized spacial score (nSPS) is 13.1. The molecule has 27 heavy (non-hydrogen) atoms. The first-order chi connectivity index (χ1) is 12.8. The maximum Gasteiger partial charge on any atom is 0.374 e. The lowest BCUT2D eigenvalue weighted by atomic mass is 10.1. The Morgan fingerprint density at radius 2 is 1.67 bits per heavy atom. The van der Waals surface area contributed by atoms with Gasteiger partial charge >= 0.3 is 13.6 Å². The van der Waals surface area contributed by atoms with Gasteiger partial charge in [-0.3, -0.25) is 4.57 Å². The fourth-order valence-corrected chi connectivity index (χ4v) is 4.15. The Bertz CT molecular complexity index is 680. The molecule has 0 saturated carbocycles. The van der Waals surface area contributed by atoms with Gasteiger partial charge in [-0.05, 0) is 65.7 Å². The molecule has 0 aliphatic rings. The Balaban J connectivity index is 3.09. The second-order valence-corrected chi connectivity index (χ2v) is 8.48. The second-order valence-electron chi connectivity index (χ2n) is 6.37. The average Bonchev–Trinajstić information content (AvgIpc) is 2.62. The maximum atomic E-state index is 13.2. The zero-order chi connectivity index (χ0) is 20.3. The van der Waals surface area contributed by atoms with E-state index in [2.05, 4.69) is 6.08 Å². The zero-order valence-corrected chi connectivity index (χ0v) is 17.8. The van der Waals surface area contributed by atoms with Gasteiger partial charge in [-0.2, -0.15) is 0 Å². The third-order valence-corrected chi connectivity index (χ3v) is 5.80. The Morgan fingerprint density at radius 3 is 2.19 bits per heavy atom. The van der Waals surface area contributed by atoms with Gasteiger partial charge in [0, 0.05) is 0 Å². The number of carbonyl (C=O) groups excluding carboxylic acids is 1. The van der Waals surface area contributed by atoms with E-state index < -0.39 is 19.4 Å². The molecule has 0 aromatic heterocycles. The van der Waals surface area contributed by atoms with Crippen molar-refractivity contribution in [3.63, 3.8) is 0 Å². The lowest BCUT2D eigenvalue weighted by Crippen LogP contribution is -2.20. The predicted molar refractivity (Wildman–Crippen MR) is 109 cm³/mol. The largest absolute Gasteiger partial charge is 0.441 e. The Hall–Kier alpha value is -1.68. The van der Waals surface area contributed by atoms with E-state index in [1.54, 1.807) is 44.2 Å². The van der Waals surface area contributed by atoms with Crippen LogP contribution in [0.1, 0.15) is 57.8 Å². The molecule has 1 aromatic carbocycles. The molecule has 0 aliphatic carbocycles. The molecule has 0 bridgehead atoms. The molecule has 1 unspecified atom stereocenters. The first kappa shape index (κ1) is 23.4. The van der Waals surface area contributed by atoms with Crippen LogP contribution >= 0.6 is 7.60 Å². The number of rotatable bonds is 11. The topological polar surface area (TPSA) is 61.8 Å². The van der Waals surface area contributed by atoms with Crippen molar-refractivity contribution in [1.82, 2.24) is 0 Å². The highest BCUT2D eigenvalue weighted by Crippen LogP contribution is 2.54. The summed E-state index contributed by atoms with van der Waals surface area (Å²) >= 11 is 0. The van der Waals surface area contributed by atoms with Crippen molar-refractivity contribution in [1.29, 1.82) is 0 Å². The molecule has 5 nitrogen and oxygen atoms in total. The minimum absolute atomic E-state index is 0.196. The van der Waals surface area contributed by atoms with Crippen LogP contribution in [0.2, 0.25) is 0 Å². The van der Waals surface area contributed by atoms with Crippen LogP contribution in [0.15, 0.2) is 53.6 Å². The summed E-state index contributed by atoms with van der Waals surface area (Å²) in [5, 5.41) is 0. The maximum absolute atomic E-state index is 13.2. The van der Waals surface area contributed by atoms with Crippen LogP contribution in [0.5, 0.6) is 0 Å². The van der Waals surface area contributed by atoms with Crippen molar-refractivity contribution >= 4 is 13.6 Å². The summed E-state index contributed by atoms with van der Waals surface area (Å²) < 4.78 is 29.6. The van der Waals surface area contributed by atoms with Crippen LogP contribution in [-0.4, -0.2) is 25.0 Å². The van der Waals surface area contributed by atoms with E-state index in [-0.39, 0.29) is 13.2 Å². The molecule has 150 valence electrons. The number of allylic oxidation sites excluding steroid dienone is 3. The molecule has 1 rings (SSSR count). The standard InChI is InChI=1S/C21H31O5P/c1-6-24-27(23,25-7-2)20(16-18(5)13-11-12-17(3)4)26-21(22)19-14-9-8-10-15-19/h8-10,12,14-16,20H,6-7,11,13H2,1-5H3/b18-16+. The molecule has 6 heteroatoms. The van der Waals surface area contributed by atoms with Crippen molar-refractivity contribution in [3.8, 4) is 0 Å². The molecule has 0 heterocycles. The van der Waals surface area contributed by atoms with Crippen LogP contribution in [0, 0.1) is 0 Å². The van der Waals surface area contributed by atoms with Gasteiger partial charge in [0.2, 0.25) is 5.85 Å². The first-order valence-electron chi connectivity index (χ1n) is 9.27. The van der Waals surface area contributed by atoms with Gasteiger partial charge in [0.25, 0.3) is 0 Å². The van der Waals surface area contributed by atoms with Gasteiger partial charge in [-0.1, -0.05) is 35.4 Å². The second kappa shape index (κ2) is 11.9. The van der Waals surface area contributed by atoms with Gasteiger partial charge in [0.15, 0.2) is 0 Å². The number of carbonyl (C=O) groups is 1. The average molecular weight is 394 g/mol. The highest BCUT2D eigenvalue weighted by atomic mass is 31.2. The lowest BCUT2D eigenvalue weighted by Gasteiger charge is -2.24. The number of esters is 1. The van der Waals surface area contributed by atoms with Gasteiger partial charge in [-0.25, -0.2) is 4.79 Å². The van der Waals surface area contributed by atoms with Crippen molar-refractivity contribution < 1.29 is 23.1 Å². The Kier molecular flexibility index (Phi) is 10.3. The van der Waals surface area contributed by atoms with Crippen LogP contribution in [0.25, 0.3) is 0 Å². The third kappa shape index (κ3) is 8.25. The summed E-state index contributed by atoms with van der Waals surface area (Å²) in [6, 6.07) is 8.61. The molecule has 0 saturated heterocycles. The summed E-state index contributed by atoms with van der Waals surface area (Å²) in [7, 11) is -3.64. The SMILES string of the molecule is CCOP(=O)(OCC)C(/C=C(\C)CCC=C(C)C)OC(=O)c1ccccc1. The molecule has 0 aliphatic heterocycles. The van der Waals surface area contributed by atoms with Crippen LogP contribution in [0.3, 0.4) is 0 Å². The van der Waals surface area contributed by atoms with E-state index >= 15 is 0 Å². The molecular weight excluding hydrogens is 363 g/mol. The lowest BCUT2D eigenvalue weighted by molar-refractivity contribution is 0.0439. The molecule has 0 N–H and O–H groups in total. The fraction of sp³-hybridized carbons (Fsp3) is 0.476. The smallest absolute Gasteiger partial charge is 0.374 e. The molecule has 0 fully saturated rings. The number of hydrogen-bond donors (Lipinski definition) is 0. The van der Waals surface area contributed by atoms with Crippen LogP contribution < -0.4 is 0 Å². The Labute approximate surface area is 162 Å². The summed E-state index contributed by atoms with van der Waals surface area (Å²) in [5.41, 5.74) is 2.58. The minimum Gasteiger partial charge on any atom is -0.441 e. The van der Waals surface area contributed by atoms with Crippen molar-refractivity contribution in [2.75, 3.05) is 13.2 Å². The highest BCUT2D eigenvalue weighted by molar-refractivity contribution is 7.54. The summed E-state index contributed by atoms with van der Waals surface area (Å²) in [6.45, 7) is 9.86. The zero-order valence-electron chi connectivity index (χ0n) is 16.9. The third-order valence-electron chi connectivity index (χ3n) is 3.69. The van der Waals surface area contributed by atoms with Gasteiger partial charge in [0.05, 0.1) is 18.8 Å². The van der Waals surface area contributed by atoms with E-state index in [1.807, 2.05) is 26.8 Å². The number of ether oxygens (including phenoxy) is 1. The minimum atomic E-state index is -3.64. The first-order valence-corrected chi connectivity index (χ1v) is 10.9. The highest BCUT2D eigenvalue weighted by Gasteiger charge is 2.37. The van der Waals surface area contributed by atoms with Crippen LogP contribution in [-0.2, 0) is 18.3 Å². The summed E-state index contributed by atoms with van der Waals surface area (Å²) in [4.78, 5) is 12.5. The van der Waals surface area contributed by atoms with Gasteiger partial charge in [-0.15, -0.1) is 0 Å². The molecule has 1 atom stereocenters. The molecule has 0 spiro atoms. The molecule has 1 aromatic rings. The predicted octanol–water partition coefficient (Wildman–Crippen LogP) is 6.13. The van der Waals surface area contributed by atoms with Gasteiger partial charge < -0.3 is 13.8 Å². The van der Waals surface area contributed by atoms with E-state index in [1.165, 1.54) is 5.57 Å². The van der Waals surface area contributed by atoms with E-state index in [0.717, 1.165) is 18.4 Å². The molecule has 0 amide bonds. The van der Waals surface area contributed by atoms with E-state index in [9.17, 15) is 9.36 Å². The number of benzene rings is 1. The Morgan fingerprint density at radius 1 is 1.07 bits per heavy atom. The molecular formula is C21H31O5P. The van der Waals surface area contributed by atoms with E-state index in [0.29, 0.717) is 5.56 Å². The molecule has 0 radical (unpaired) electrons. The van der Waals surface area contributed by atoms with Crippen molar-refractivity contribution in [2.24, 2.45) is 0 Å². The fourth-order valence-electron chi connectivity index (χ4n) is 2.40. The number of hydrogen-bond acceptors (Lipinski definition) is 5. The van der Waals surface area contributed by atoms with Gasteiger partial charge in [0.1, 0.15) is 0 Å².